The van der Waals surface area contributed by atoms with Gasteiger partial charge in [0.25, 0.3) is 0 Å². The number of aliphatic hydroxyl groups is 3. The van der Waals surface area contributed by atoms with Crippen LogP contribution >= 0.6 is 0 Å². The Kier molecular flexibility index (Phi) is 15.3. The highest BCUT2D eigenvalue weighted by Crippen LogP contribution is 2.37. The van der Waals surface area contributed by atoms with Gasteiger partial charge in [-0.15, -0.1) is 0 Å². The van der Waals surface area contributed by atoms with Gasteiger partial charge in [0.05, 0.1) is 36.6 Å². The predicted octanol–water partition coefficient (Wildman–Crippen LogP) is -2.51. The number of nitrogens with two attached hydrogens (primary N) is 4. The van der Waals surface area contributed by atoms with Crippen LogP contribution in [0.5, 0.6) is 0 Å². The van der Waals surface area contributed by atoms with E-state index in [1.54, 1.807) is 34.6 Å². The first-order chi connectivity index (χ1) is 15.3. The Balaban J connectivity index is 4.93. The zero-order valence-electron chi connectivity index (χ0n) is 21.5. The molecule has 0 radical (unpaired) electrons. The largest absolute Gasteiger partial charge is 0.389 e. The summed E-state index contributed by atoms with van der Waals surface area (Å²) in [5.74, 6) is 0. The standard InChI is InChI=1S/C22H52N6O5/c1-20(2,32-16-18(29)14-27(10-6-23)11-7-24)22(5,31)21(3,4)33-17-19(30)15-28(12-8-25)13-9-26/h18-19,29-31H,6-17,23-26H2,1-5H3. The Hall–Kier alpha value is -0.440. The monoisotopic (exact) mass is 480 g/mol. The third kappa shape index (κ3) is 11.2. The molecule has 0 amide bonds. The molecule has 0 aliphatic heterocycles. The van der Waals surface area contributed by atoms with Gasteiger partial charge in [0.2, 0.25) is 0 Å². The van der Waals surface area contributed by atoms with Crippen molar-refractivity contribution in [1.82, 2.24) is 9.80 Å². The normalized spacial score (nSPS) is 16.9. The summed E-state index contributed by atoms with van der Waals surface area (Å²) < 4.78 is 11.9. The summed E-state index contributed by atoms with van der Waals surface area (Å²) in [5.41, 5.74) is 18.9. The molecule has 33 heavy (non-hydrogen) atoms. The molecule has 0 aliphatic carbocycles. The van der Waals surface area contributed by atoms with Gasteiger partial charge in [0, 0.05) is 65.4 Å². The maximum absolute atomic E-state index is 11.4. The molecule has 0 aromatic heterocycles. The van der Waals surface area contributed by atoms with E-state index in [9.17, 15) is 15.3 Å². The van der Waals surface area contributed by atoms with Gasteiger partial charge in [-0.3, -0.25) is 9.80 Å². The lowest BCUT2D eigenvalue weighted by atomic mass is 9.75. The fourth-order valence-corrected chi connectivity index (χ4v) is 3.64. The number of rotatable bonds is 20. The highest BCUT2D eigenvalue weighted by atomic mass is 16.6. The third-order valence-corrected chi connectivity index (χ3v) is 6.34. The van der Waals surface area contributed by atoms with Gasteiger partial charge in [-0.2, -0.15) is 0 Å². The van der Waals surface area contributed by atoms with E-state index in [1.165, 1.54) is 0 Å². The fraction of sp³-hybridized carbons (Fsp3) is 1.00. The van der Waals surface area contributed by atoms with Gasteiger partial charge >= 0.3 is 0 Å². The van der Waals surface area contributed by atoms with Crippen LogP contribution in [0.2, 0.25) is 0 Å². The summed E-state index contributed by atoms with van der Waals surface area (Å²) in [6.07, 6.45) is -1.53. The van der Waals surface area contributed by atoms with Crippen LogP contribution in [0, 0.1) is 0 Å². The van der Waals surface area contributed by atoms with Crippen LogP contribution in [0.3, 0.4) is 0 Å². The third-order valence-electron chi connectivity index (χ3n) is 6.34. The van der Waals surface area contributed by atoms with E-state index in [0.29, 0.717) is 65.4 Å². The van der Waals surface area contributed by atoms with E-state index < -0.39 is 29.0 Å². The topological polar surface area (TPSA) is 190 Å². The summed E-state index contributed by atoms with van der Waals surface area (Å²) in [7, 11) is 0. The van der Waals surface area contributed by atoms with Gasteiger partial charge in [0.15, 0.2) is 0 Å². The number of ether oxygens (including phenoxy) is 2. The molecule has 0 aliphatic rings. The first-order valence-electron chi connectivity index (χ1n) is 11.9. The van der Waals surface area contributed by atoms with Crippen LogP contribution in [-0.4, -0.2) is 133 Å². The lowest BCUT2D eigenvalue weighted by molar-refractivity contribution is -0.255. The maximum atomic E-state index is 11.4. The van der Waals surface area contributed by atoms with E-state index in [0.717, 1.165) is 0 Å². The summed E-state index contributed by atoms with van der Waals surface area (Å²) in [5, 5.41) is 32.3. The quantitative estimate of drug-likeness (QED) is 0.0974. The van der Waals surface area contributed by atoms with Crippen molar-refractivity contribution < 1.29 is 24.8 Å². The Bertz CT molecular complexity index is 456. The van der Waals surface area contributed by atoms with Crippen molar-refractivity contribution in [1.29, 1.82) is 0 Å². The molecule has 0 aromatic carbocycles. The van der Waals surface area contributed by atoms with Crippen molar-refractivity contribution in [2.75, 3.05) is 78.7 Å². The van der Waals surface area contributed by atoms with Crippen molar-refractivity contribution in [3.8, 4) is 0 Å². The SMILES string of the molecule is CC(C)(OCC(O)CN(CCN)CCN)C(C)(O)C(C)(C)OCC(O)CN(CCN)CCN. The lowest BCUT2D eigenvalue weighted by Gasteiger charge is -2.49. The number of hydrogen-bond donors (Lipinski definition) is 7. The lowest BCUT2D eigenvalue weighted by Crippen LogP contribution is -2.64. The molecular weight excluding hydrogens is 428 g/mol. The van der Waals surface area contributed by atoms with Gasteiger partial charge in [-0.05, 0) is 34.6 Å². The fourth-order valence-electron chi connectivity index (χ4n) is 3.64. The van der Waals surface area contributed by atoms with Crippen molar-refractivity contribution >= 4 is 0 Å². The Morgan fingerprint density at radius 2 is 0.909 bits per heavy atom. The number of hydrogen-bond acceptors (Lipinski definition) is 11. The molecule has 0 aromatic rings. The highest BCUT2D eigenvalue weighted by molar-refractivity contribution is 5.04. The average Bonchev–Trinajstić information content (AvgIpc) is 2.71. The van der Waals surface area contributed by atoms with Crippen LogP contribution in [0.25, 0.3) is 0 Å². The molecule has 200 valence electrons. The molecule has 2 unspecified atom stereocenters. The van der Waals surface area contributed by atoms with E-state index >= 15 is 0 Å². The van der Waals surface area contributed by atoms with Crippen LogP contribution < -0.4 is 22.9 Å². The van der Waals surface area contributed by atoms with E-state index in [-0.39, 0.29) is 13.2 Å². The number of aliphatic hydroxyl groups excluding tert-OH is 2. The van der Waals surface area contributed by atoms with Gasteiger partial charge in [-0.25, -0.2) is 0 Å². The molecule has 0 spiro atoms. The molecule has 2 atom stereocenters. The molecule has 0 fully saturated rings. The minimum atomic E-state index is -1.44. The van der Waals surface area contributed by atoms with E-state index in [1.807, 2.05) is 9.80 Å². The minimum Gasteiger partial charge on any atom is -0.389 e. The summed E-state index contributed by atoms with van der Waals surface area (Å²) in [4.78, 5) is 3.96. The molecule has 11 N–H and O–H groups in total. The summed E-state index contributed by atoms with van der Waals surface area (Å²) in [6, 6.07) is 0. The van der Waals surface area contributed by atoms with Crippen LogP contribution in [0.4, 0.5) is 0 Å². The van der Waals surface area contributed by atoms with Gasteiger partial charge in [-0.1, -0.05) is 0 Å². The second kappa shape index (κ2) is 15.5. The molecule has 0 saturated carbocycles. The van der Waals surface area contributed by atoms with Crippen LogP contribution in [0.15, 0.2) is 0 Å². The Labute approximate surface area is 200 Å². The number of nitrogens with zero attached hydrogens (tertiary/aromatic N) is 2. The van der Waals surface area contributed by atoms with Crippen molar-refractivity contribution in [3.63, 3.8) is 0 Å². The summed E-state index contributed by atoms with van der Waals surface area (Å²) in [6.45, 7) is 13.9. The molecule has 0 bridgehead atoms. The molecular formula is C22H52N6O5. The molecule has 11 heteroatoms. The smallest absolute Gasteiger partial charge is 0.118 e. The first kappa shape index (κ1) is 32.6. The zero-order chi connectivity index (χ0) is 25.7. The first-order valence-corrected chi connectivity index (χ1v) is 11.9. The second-order valence-corrected chi connectivity index (χ2v) is 9.78. The predicted molar refractivity (Wildman–Crippen MR) is 132 cm³/mol. The van der Waals surface area contributed by atoms with Gasteiger partial charge in [0.1, 0.15) is 5.60 Å². The Morgan fingerprint density at radius 3 is 1.15 bits per heavy atom. The zero-order valence-corrected chi connectivity index (χ0v) is 21.5. The van der Waals surface area contributed by atoms with E-state index in [4.69, 9.17) is 32.4 Å². The summed E-state index contributed by atoms with van der Waals surface area (Å²) >= 11 is 0. The van der Waals surface area contributed by atoms with Crippen LogP contribution in [-0.2, 0) is 9.47 Å². The van der Waals surface area contributed by atoms with Crippen molar-refractivity contribution in [3.05, 3.63) is 0 Å². The molecule has 11 nitrogen and oxygen atoms in total. The molecule has 0 saturated heterocycles. The second-order valence-electron chi connectivity index (χ2n) is 9.78. The average molecular weight is 481 g/mol. The van der Waals surface area contributed by atoms with E-state index in [2.05, 4.69) is 0 Å². The highest BCUT2D eigenvalue weighted by Gasteiger charge is 2.52. The Morgan fingerprint density at radius 1 is 0.636 bits per heavy atom. The van der Waals surface area contributed by atoms with Crippen molar-refractivity contribution in [2.24, 2.45) is 22.9 Å². The van der Waals surface area contributed by atoms with Crippen LogP contribution in [0.1, 0.15) is 34.6 Å². The van der Waals surface area contributed by atoms with Gasteiger partial charge < -0.3 is 47.7 Å². The maximum Gasteiger partial charge on any atom is 0.118 e. The molecule has 0 heterocycles. The molecule has 0 rings (SSSR count). The van der Waals surface area contributed by atoms with Crippen molar-refractivity contribution in [2.45, 2.75) is 63.6 Å². The minimum absolute atomic E-state index is 0.0284.